The van der Waals surface area contributed by atoms with Gasteiger partial charge in [-0.1, -0.05) is 29.3 Å². The summed E-state index contributed by atoms with van der Waals surface area (Å²) in [5.74, 6) is 0.0692. The second kappa shape index (κ2) is 6.95. The van der Waals surface area contributed by atoms with E-state index in [2.05, 4.69) is 4.90 Å². The van der Waals surface area contributed by atoms with Gasteiger partial charge in [0, 0.05) is 52.3 Å². The third kappa shape index (κ3) is 3.58. The molecule has 1 N–H and O–H groups in total. The van der Waals surface area contributed by atoms with Gasteiger partial charge in [-0.05, 0) is 42.7 Å². The highest BCUT2D eigenvalue weighted by atomic mass is 35.5. The SMILES string of the molecule is O=c1cc(CN(Cc2c(Cl)cccc2Cl)C2CC2)c2ccc(O)cc2o1. The van der Waals surface area contributed by atoms with Crippen LogP contribution in [0.1, 0.15) is 24.0 Å². The van der Waals surface area contributed by atoms with Crippen molar-refractivity contribution in [2.24, 2.45) is 0 Å². The van der Waals surface area contributed by atoms with Gasteiger partial charge in [-0.3, -0.25) is 4.90 Å². The number of nitrogens with zero attached hydrogens (tertiary/aromatic N) is 1. The highest BCUT2D eigenvalue weighted by molar-refractivity contribution is 6.35. The van der Waals surface area contributed by atoms with Gasteiger partial charge in [-0.2, -0.15) is 0 Å². The smallest absolute Gasteiger partial charge is 0.336 e. The molecule has 0 unspecified atom stereocenters. The minimum absolute atomic E-state index is 0.0692. The average Bonchev–Trinajstić information content (AvgIpc) is 3.41. The molecule has 4 nitrogen and oxygen atoms in total. The summed E-state index contributed by atoms with van der Waals surface area (Å²) in [4.78, 5) is 14.2. The first-order chi connectivity index (χ1) is 12.5. The van der Waals surface area contributed by atoms with Crippen molar-refractivity contribution >= 4 is 34.2 Å². The lowest BCUT2D eigenvalue weighted by molar-refractivity contribution is 0.246. The molecule has 3 aromatic rings. The summed E-state index contributed by atoms with van der Waals surface area (Å²) < 4.78 is 5.22. The van der Waals surface area contributed by atoms with E-state index in [1.54, 1.807) is 12.1 Å². The van der Waals surface area contributed by atoms with Crippen LogP contribution < -0.4 is 5.63 Å². The Morgan fingerprint density at radius 1 is 1.08 bits per heavy atom. The second-order valence-electron chi connectivity index (χ2n) is 6.61. The first-order valence-corrected chi connectivity index (χ1v) is 9.19. The number of hydrogen-bond donors (Lipinski definition) is 1. The molecule has 0 saturated heterocycles. The first kappa shape index (κ1) is 17.4. The summed E-state index contributed by atoms with van der Waals surface area (Å²) in [5, 5.41) is 11.8. The molecule has 0 aliphatic heterocycles. The van der Waals surface area contributed by atoms with E-state index < -0.39 is 5.63 Å². The van der Waals surface area contributed by atoms with Crippen molar-refractivity contribution in [2.45, 2.75) is 32.0 Å². The molecule has 1 aliphatic carbocycles. The molecule has 134 valence electrons. The standard InChI is InChI=1S/C20H17Cl2NO3/c21-17-2-1-3-18(22)16(17)11-23(13-4-5-13)10-12-8-20(25)26-19-9-14(24)6-7-15(12)19/h1-3,6-9,13,24H,4-5,10-11H2. The Bertz CT molecular complexity index is 1010. The summed E-state index contributed by atoms with van der Waals surface area (Å²) in [6.45, 7) is 1.20. The Morgan fingerprint density at radius 2 is 1.81 bits per heavy atom. The van der Waals surface area contributed by atoms with Crippen molar-refractivity contribution in [3.8, 4) is 5.75 Å². The molecule has 0 atom stereocenters. The van der Waals surface area contributed by atoms with Crippen LogP contribution in [0.3, 0.4) is 0 Å². The zero-order chi connectivity index (χ0) is 18.3. The van der Waals surface area contributed by atoms with E-state index in [-0.39, 0.29) is 5.75 Å². The number of phenolic OH excluding ortho intramolecular Hbond substituents is 1. The lowest BCUT2D eigenvalue weighted by Gasteiger charge is -2.24. The van der Waals surface area contributed by atoms with Crippen molar-refractivity contribution in [1.82, 2.24) is 4.90 Å². The minimum atomic E-state index is -0.426. The van der Waals surface area contributed by atoms with E-state index in [0.717, 1.165) is 29.4 Å². The maximum absolute atomic E-state index is 11.9. The lowest BCUT2D eigenvalue weighted by atomic mass is 10.1. The fourth-order valence-electron chi connectivity index (χ4n) is 3.21. The molecule has 1 aromatic heterocycles. The van der Waals surface area contributed by atoms with Gasteiger partial charge in [-0.15, -0.1) is 0 Å². The van der Waals surface area contributed by atoms with E-state index in [0.29, 0.717) is 34.8 Å². The van der Waals surface area contributed by atoms with Gasteiger partial charge in [0.1, 0.15) is 11.3 Å². The summed E-state index contributed by atoms with van der Waals surface area (Å²) in [5.41, 5.74) is 1.72. The number of fused-ring (bicyclic) bond motifs is 1. The fraction of sp³-hybridized carbons (Fsp3) is 0.250. The molecule has 26 heavy (non-hydrogen) atoms. The Balaban J connectivity index is 1.70. The maximum Gasteiger partial charge on any atom is 0.336 e. The van der Waals surface area contributed by atoms with Crippen LogP contribution in [0.4, 0.5) is 0 Å². The Hall–Kier alpha value is -2.01. The molecular weight excluding hydrogens is 373 g/mol. The number of benzene rings is 2. The Kier molecular flexibility index (Phi) is 4.65. The topological polar surface area (TPSA) is 53.7 Å². The summed E-state index contributed by atoms with van der Waals surface area (Å²) in [6, 6.07) is 12.3. The zero-order valence-electron chi connectivity index (χ0n) is 13.9. The zero-order valence-corrected chi connectivity index (χ0v) is 15.4. The van der Waals surface area contributed by atoms with Gasteiger partial charge < -0.3 is 9.52 Å². The normalized spacial score (nSPS) is 14.3. The third-order valence-corrected chi connectivity index (χ3v) is 5.38. The molecule has 1 heterocycles. The number of hydrogen-bond acceptors (Lipinski definition) is 4. The monoisotopic (exact) mass is 389 g/mol. The summed E-state index contributed by atoms with van der Waals surface area (Å²) in [7, 11) is 0. The molecule has 0 radical (unpaired) electrons. The third-order valence-electron chi connectivity index (χ3n) is 4.67. The van der Waals surface area contributed by atoms with Crippen molar-refractivity contribution in [3.63, 3.8) is 0 Å². The van der Waals surface area contributed by atoms with Crippen LogP contribution in [0, 0.1) is 0 Å². The highest BCUT2D eigenvalue weighted by Crippen LogP contribution is 2.34. The van der Waals surface area contributed by atoms with E-state index in [9.17, 15) is 9.90 Å². The molecule has 6 heteroatoms. The first-order valence-electron chi connectivity index (χ1n) is 8.44. The predicted molar refractivity (Wildman–Crippen MR) is 103 cm³/mol. The second-order valence-corrected chi connectivity index (χ2v) is 7.42. The van der Waals surface area contributed by atoms with Gasteiger partial charge in [-0.25, -0.2) is 4.79 Å². The highest BCUT2D eigenvalue weighted by Gasteiger charge is 2.30. The molecular formula is C20H17Cl2NO3. The molecule has 1 fully saturated rings. The van der Waals surface area contributed by atoms with E-state index in [1.807, 2.05) is 18.2 Å². The molecule has 1 saturated carbocycles. The predicted octanol–water partition coefficient (Wildman–Crippen LogP) is 4.97. The van der Waals surface area contributed by atoms with Crippen LogP contribution in [0.15, 0.2) is 51.7 Å². The van der Waals surface area contributed by atoms with Crippen LogP contribution in [0.5, 0.6) is 5.75 Å². The number of rotatable bonds is 5. The van der Waals surface area contributed by atoms with Gasteiger partial charge in [0.15, 0.2) is 0 Å². The number of phenols is 1. The van der Waals surface area contributed by atoms with E-state index in [4.69, 9.17) is 27.6 Å². The van der Waals surface area contributed by atoms with Gasteiger partial charge in [0.2, 0.25) is 0 Å². The van der Waals surface area contributed by atoms with Crippen LogP contribution in [-0.4, -0.2) is 16.0 Å². The largest absolute Gasteiger partial charge is 0.508 e. The molecule has 0 bridgehead atoms. The van der Waals surface area contributed by atoms with Crippen LogP contribution in [-0.2, 0) is 13.1 Å². The van der Waals surface area contributed by atoms with E-state index >= 15 is 0 Å². The number of aromatic hydroxyl groups is 1. The molecule has 0 amide bonds. The van der Waals surface area contributed by atoms with Gasteiger partial charge >= 0.3 is 5.63 Å². The van der Waals surface area contributed by atoms with Crippen LogP contribution in [0.2, 0.25) is 10.0 Å². The summed E-state index contributed by atoms with van der Waals surface area (Å²) in [6.07, 6.45) is 2.23. The quantitative estimate of drug-likeness (QED) is 0.625. The van der Waals surface area contributed by atoms with Crippen molar-refractivity contribution in [2.75, 3.05) is 0 Å². The molecule has 2 aromatic carbocycles. The van der Waals surface area contributed by atoms with Crippen LogP contribution in [0.25, 0.3) is 11.0 Å². The van der Waals surface area contributed by atoms with Crippen molar-refractivity contribution < 1.29 is 9.52 Å². The maximum atomic E-state index is 11.9. The molecule has 1 aliphatic rings. The Labute approximate surface area is 160 Å². The Morgan fingerprint density at radius 3 is 2.50 bits per heavy atom. The van der Waals surface area contributed by atoms with Gasteiger partial charge in [0.25, 0.3) is 0 Å². The van der Waals surface area contributed by atoms with Crippen molar-refractivity contribution in [3.05, 3.63) is 74.1 Å². The molecule has 4 rings (SSSR count). The average molecular weight is 390 g/mol. The van der Waals surface area contributed by atoms with E-state index in [1.165, 1.54) is 12.1 Å². The van der Waals surface area contributed by atoms with Gasteiger partial charge in [0.05, 0.1) is 0 Å². The number of halogens is 2. The molecule has 0 spiro atoms. The minimum Gasteiger partial charge on any atom is -0.508 e. The van der Waals surface area contributed by atoms with Crippen molar-refractivity contribution in [1.29, 1.82) is 0 Å². The van der Waals surface area contributed by atoms with Crippen LogP contribution >= 0.6 is 23.2 Å². The fourth-order valence-corrected chi connectivity index (χ4v) is 3.73. The lowest BCUT2D eigenvalue weighted by Crippen LogP contribution is -2.26. The summed E-state index contributed by atoms with van der Waals surface area (Å²) >= 11 is 12.7.